The number of anilines is 1. The van der Waals surface area contributed by atoms with E-state index in [4.69, 9.17) is 29.6 Å². The van der Waals surface area contributed by atoms with Gasteiger partial charge in [0.25, 0.3) is 0 Å². The predicted molar refractivity (Wildman–Crippen MR) is 88.4 cm³/mol. The highest BCUT2D eigenvalue weighted by molar-refractivity contribution is 7.80. The molecule has 0 atom stereocenters. The Hall–Kier alpha value is -0.840. The highest BCUT2D eigenvalue weighted by Gasteiger charge is 2.14. The van der Waals surface area contributed by atoms with Crippen molar-refractivity contribution in [2.75, 3.05) is 38.6 Å². The largest absolute Gasteiger partial charge is 0.389 e. The van der Waals surface area contributed by atoms with Gasteiger partial charge in [-0.25, -0.2) is 0 Å². The molecule has 0 radical (unpaired) electrons. The number of nitrogens with two attached hydrogens (primary N) is 1. The minimum absolute atomic E-state index is 0.353. The molecular weight excluding hydrogens is 278 g/mol. The lowest BCUT2D eigenvalue weighted by atomic mass is 10.1. The SMILES string of the molecule is CCN(CCCN(C)C)c1cccc(Cl)c1C(N)=S. The van der Waals surface area contributed by atoms with Gasteiger partial charge >= 0.3 is 0 Å². The molecule has 0 spiro atoms. The quantitative estimate of drug-likeness (QED) is 0.785. The molecule has 3 nitrogen and oxygen atoms in total. The summed E-state index contributed by atoms with van der Waals surface area (Å²) < 4.78 is 0. The molecule has 19 heavy (non-hydrogen) atoms. The zero-order valence-electron chi connectivity index (χ0n) is 11.8. The van der Waals surface area contributed by atoms with E-state index in [1.54, 1.807) is 0 Å². The van der Waals surface area contributed by atoms with E-state index >= 15 is 0 Å². The van der Waals surface area contributed by atoms with Crippen LogP contribution in [0.1, 0.15) is 18.9 Å². The Morgan fingerprint density at radius 3 is 2.53 bits per heavy atom. The molecule has 0 fully saturated rings. The molecule has 5 heteroatoms. The van der Waals surface area contributed by atoms with E-state index in [9.17, 15) is 0 Å². The van der Waals surface area contributed by atoms with Crippen molar-refractivity contribution in [3.63, 3.8) is 0 Å². The summed E-state index contributed by atoms with van der Waals surface area (Å²) in [4.78, 5) is 4.80. The minimum Gasteiger partial charge on any atom is -0.389 e. The van der Waals surface area contributed by atoms with Gasteiger partial charge in [-0.2, -0.15) is 0 Å². The van der Waals surface area contributed by atoms with E-state index in [0.29, 0.717) is 10.0 Å². The average Bonchev–Trinajstić information content (AvgIpc) is 2.33. The third-order valence-electron chi connectivity index (χ3n) is 2.99. The van der Waals surface area contributed by atoms with Crippen LogP contribution < -0.4 is 10.6 Å². The molecule has 1 aromatic rings. The standard InChI is InChI=1S/C14H22ClN3S/c1-4-18(10-6-9-17(2)3)12-8-5-7-11(15)13(12)14(16)19/h5,7-8H,4,6,9-10H2,1-3H3,(H2,16,19). The third-order valence-corrected chi connectivity index (χ3v) is 3.51. The first-order valence-electron chi connectivity index (χ1n) is 6.45. The van der Waals surface area contributed by atoms with E-state index in [1.165, 1.54) is 0 Å². The Kier molecular flexibility index (Phi) is 6.55. The number of hydrogen-bond donors (Lipinski definition) is 1. The van der Waals surface area contributed by atoms with Gasteiger partial charge in [0, 0.05) is 18.8 Å². The van der Waals surface area contributed by atoms with Crippen LogP contribution in [-0.2, 0) is 0 Å². The minimum atomic E-state index is 0.353. The van der Waals surface area contributed by atoms with Crippen LogP contribution in [0.5, 0.6) is 0 Å². The molecule has 0 amide bonds. The molecule has 0 saturated heterocycles. The smallest absolute Gasteiger partial charge is 0.107 e. The molecule has 0 aliphatic rings. The van der Waals surface area contributed by atoms with E-state index in [0.717, 1.165) is 37.3 Å². The molecule has 0 bridgehead atoms. The fraction of sp³-hybridized carbons (Fsp3) is 0.500. The Balaban J connectivity index is 2.92. The van der Waals surface area contributed by atoms with Crippen LogP contribution in [-0.4, -0.2) is 43.6 Å². The van der Waals surface area contributed by atoms with E-state index in [1.807, 2.05) is 18.2 Å². The van der Waals surface area contributed by atoms with Crippen molar-refractivity contribution in [2.24, 2.45) is 5.73 Å². The summed E-state index contributed by atoms with van der Waals surface area (Å²) in [6, 6.07) is 5.79. The van der Waals surface area contributed by atoms with Crippen LogP contribution in [0, 0.1) is 0 Å². The van der Waals surface area contributed by atoms with Crippen LogP contribution in [0.4, 0.5) is 5.69 Å². The maximum absolute atomic E-state index is 6.21. The zero-order valence-corrected chi connectivity index (χ0v) is 13.4. The predicted octanol–water partition coefficient (Wildman–Crippen LogP) is 2.75. The van der Waals surface area contributed by atoms with Gasteiger partial charge in [0.15, 0.2) is 0 Å². The van der Waals surface area contributed by atoms with Gasteiger partial charge < -0.3 is 15.5 Å². The van der Waals surface area contributed by atoms with Crippen LogP contribution in [0.15, 0.2) is 18.2 Å². The maximum atomic E-state index is 6.21. The summed E-state index contributed by atoms with van der Waals surface area (Å²) in [6.07, 6.45) is 1.09. The summed E-state index contributed by atoms with van der Waals surface area (Å²) in [5, 5.41) is 0.621. The number of halogens is 1. The summed E-state index contributed by atoms with van der Waals surface area (Å²) in [5.74, 6) is 0. The number of thiocarbonyl (C=S) groups is 1. The van der Waals surface area contributed by atoms with Crippen molar-refractivity contribution in [3.8, 4) is 0 Å². The van der Waals surface area contributed by atoms with Crippen molar-refractivity contribution < 1.29 is 0 Å². The van der Waals surface area contributed by atoms with E-state index in [2.05, 4.69) is 30.8 Å². The third kappa shape index (κ3) is 4.64. The van der Waals surface area contributed by atoms with Gasteiger partial charge in [-0.1, -0.05) is 29.9 Å². The first kappa shape index (κ1) is 16.2. The Morgan fingerprint density at radius 2 is 2.00 bits per heavy atom. The molecule has 0 heterocycles. The van der Waals surface area contributed by atoms with Gasteiger partial charge in [-0.3, -0.25) is 0 Å². The van der Waals surface area contributed by atoms with Gasteiger partial charge in [0.2, 0.25) is 0 Å². The van der Waals surface area contributed by atoms with Gasteiger partial charge in [0.1, 0.15) is 4.99 Å². The number of hydrogen-bond acceptors (Lipinski definition) is 3. The molecule has 0 unspecified atom stereocenters. The number of benzene rings is 1. The van der Waals surface area contributed by atoms with Crippen LogP contribution in [0.3, 0.4) is 0 Å². The molecule has 0 aliphatic heterocycles. The topological polar surface area (TPSA) is 32.5 Å². The first-order chi connectivity index (χ1) is 8.97. The van der Waals surface area contributed by atoms with Crippen molar-refractivity contribution >= 4 is 34.5 Å². The maximum Gasteiger partial charge on any atom is 0.107 e. The highest BCUT2D eigenvalue weighted by Crippen LogP contribution is 2.27. The lowest BCUT2D eigenvalue weighted by Gasteiger charge is -2.26. The summed E-state index contributed by atoms with van der Waals surface area (Å²) in [7, 11) is 4.16. The second-order valence-electron chi connectivity index (χ2n) is 4.73. The van der Waals surface area contributed by atoms with Crippen LogP contribution >= 0.6 is 23.8 Å². The summed E-state index contributed by atoms with van der Waals surface area (Å²) in [6.45, 7) is 5.05. The number of rotatable bonds is 7. The molecule has 106 valence electrons. The second-order valence-corrected chi connectivity index (χ2v) is 5.58. The van der Waals surface area contributed by atoms with E-state index < -0.39 is 0 Å². The summed E-state index contributed by atoms with van der Waals surface area (Å²) in [5.41, 5.74) is 7.61. The lowest BCUT2D eigenvalue weighted by molar-refractivity contribution is 0.400. The van der Waals surface area contributed by atoms with Gasteiger partial charge in [0.05, 0.1) is 10.6 Å². The number of nitrogens with zero attached hydrogens (tertiary/aromatic N) is 2. The fourth-order valence-corrected chi connectivity index (χ4v) is 2.59. The average molecular weight is 300 g/mol. The first-order valence-corrected chi connectivity index (χ1v) is 7.24. The van der Waals surface area contributed by atoms with Crippen molar-refractivity contribution in [1.82, 2.24) is 4.90 Å². The fourth-order valence-electron chi connectivity index (χ4n) is 2.05. The molecule has 0 saturated carbocycles. The van der Waals surface area contributed by atoms with Gasteiger partial charge in [-0.15, -0.1) is 0 Å². The second kappa shape index (κ2) is 7.68. The zero-order chi connectivity index (χ0) is 14.4. The molecule has 1 rings (SSSR count). The lowest BCUT2D eigenvalue weighted by Crippen LogP contribution is -2.29. The van der Waals surface area contributed by atoms with Crippen LogP contribution in [0.25, 0.3) is 0 Å². The van der Waals surface area contributed by atoms with Crippen molar-refractivity contribution in [3.05, 3.63) is 28.8 Å². The molecule has 0 aliphatic carbocycles. The molecule has 2 N–H and O–H groups in total. The monoisotopic (exact) mass is 299 g/mol. The summed E-state index contributed by atoms with van der Waals surface area (Å²) >= 11 is 11.3. The van der Waals surface area contributed by atoms with Crippen LogP contribution in [0.2, 0.25) is 5.02 Å². The molecule has 0 aromatic heterocycles. The van der Waals surface area contributed by atoms with E-state index in [-0.39, 0.29) is 0 Å². The Bertz CT molecular complexity index is 435. The molecular formula is C14H22ClN3S. The highest BCUT2D eigenvalue weighted by atomic mass is 35.5. The van der Waals surface area contributed by atoms with Crippen molar-refractivity contribution in [1.29, 1.82) is 0 Å². The molecule has 1 aromatic carbocycles. The normalized spacial score (nSPS) is 10.8. The Morgan fingerprint density at radius 1 is 1.32 bits per heavy atom. The van der Waals surface area contributed by atoms with Gasteiger partial charge in [-0.05, 0) is 46.1 Å². The Labute approximate surface area is 126 Å². The van der Waals surface area contributed by atoms with Crippen molar-refractivity contribution in [2.45, 2.75) is 13.3 Å².